The standard InChI is InChI=1S/C14H18O4/c1-10(2)8-14(16)18-13-6-4-12(5-7-13)9-17-11(3)15/h4-7,10H,8-9H2,1-3H3. The van der Waals surface area contributed by atoms with Gasteiger partial charge in [0.15, 0.2) is 0 Å². The molecule has 0 saturated carbocycles. The first-order valence-corrected chi connectivity index (χ1v) is 5.90. The van der Waals surface area contributed by atoms with E-state index in [9.17, 15) is 9.59 Å². The van der Waals surface area contributed by atoms with Crippen LogP contribution in [0.2, 0.25) is 0 Å². The van der Waals surface area contributed by atoms with Crippen LogP contribution < -0.4 is 4.74 Å². The van der Waals surface area contributed by atoms with E-state index in [1.54, 1.807) is 24.3 Å². The summed E-state index contributed by atoms with van der Waals surface area (Å²) in [6.07, 6.45) is 0.398. The van der Waals surface area contributed by atoms with Crippen molar-refractivity contribution < 1.29 is 19.1 Å². The van der Waals surface area contributed by atoms with Crippen LogP contribution in [0.3, 0.4) is 0 Å². The van der Waals surface area contributed by atoms with Crippen LogP contribution in [0.5, 0.6) is 5.75 Å². The Labute approximate surface area is 107 Å². The van der Waals surface area contributed by atoms with E-state index in [1.165, 1.54) is 6.92 Å². The third-order valence-corrected chi connectivity index (χ3v) is 2.17. The van der Waals surface area contributed by atoms with Crippen molar-refractivity contribution in [1.29, 1.82) is 0 Å². The second-order valence-corrected chi connectivity index (χ2v) is 4.50. The summed E-state index contributed by atoms with van der Waals surface area (Å²) in [6, 6.07) is 6.91. The highest BCUT2D eigenvalue weighted by Gasteiger charge is 2.07. The minimum atomic E-state index is -0.317. The smallest absolute Gasteiger partial charge is 0.311 e. The molecule has 0 N–H and O–H groups in total. The van der Waals surface area contributed by atoms with E-state index in [4.69, 9.17) is 9.47 Å². The molecule has 0 aliphatic heterocycles. The van der Waals surface area contributed by atoms with Crippen molar-refractivity contribution in [3.05, 3.63) is 29.8 Å². The van der Waals surface area contributed by atoms with E-state index >= 15 is 0 Å². The van der Waals surface area contributed by atoms with Crippen molar-refractivity contribution in [3.8, 4) is 5.75 Å². The molecule has 0 atom stereocenters. The van der Waals surface area contributed by atoms with Crippen molar-refractivity contribution in [2.45, 2.75) is 33.8 Å². The Hall–Kier alpha value is -1.84. The van der Waals surface area contributed by atoms with Gasteiger partial charge in [-0.25, -0.2) is 0 Å². The largest absolute Gasteiger partial charge is 0.461 e. The minimum Gasteiger partial charge on any atom is -0.461 e. The van der Waals surface area contributed by atoms with Crippen LogP contribution in [-0.2, 0) is 20.9 Å². The number of rotatable bonds is 5. The quantitative estimate of drug-likeness (QED) is 0.595. The van der Waals surface area contributed by atoms with Crippen LogP contribution in [0.1, 0.15) is 32.8 Å². The highest BCUT2D eigenvalue weighted by molar-refractivity contribution is 5.72. The highest BCUT2D eigenvalue weighted by Crippen LogP contribution is 2.14. The van der Waals surface area contributed by atoms with Gasteiger partial charge in [0.2, 0.25) is 0 Å². The maximum atomic E-state index is 11.4. The van der Waals surface area contributed by atoms with Gasteiger partial charge in [-0.3, -0.25) is 9.59 Å². The lowest BCUT2D eigenvalue weighted by molar-refractivity contribution is -0.142. The summed E-state index contributed by atoms with van der Waals surface area (Å²) in [5, 5.41) is 0. The van der Waals surface area contributed by atoms with Gasteiger partial charge in [0.05, 0.1) is 0 Å². The normalized spacial score (nSPS) is 10.2. The van der Waals surface area contributed by atoms with Crippen LogP contribution in [0.15, 0.2) is 24.3 Å². The van der Waals surface area contributed by atoms with Gasteiger partial charge in [-0.15, -0.1) is 0 Å². The molecule has 1 rings (SSSR count). The van der Waals surface area contributed by atoms with E-state index in [-0.39, 0.29) is 24.5 Å². The molecule has 4 heteroatoms. The van der Waals surface area contributed by atoms with Gasteiger partial charge >= 0.3 is 11.9 Å². The summed E-state index contributed by atoms with van der Waals surface area (Å²) < 4.78 is 10.0. The van der Waals surface area contributed by atoms with Gasteiger partial charge in [0.1, 0.15) is 12.4 Å². The number of carbonyl (C=O) groups is 2. The Morgan fingerprint density at radius 1 is 1.17 bits per heavy atom. The highest BCUT2D eigenvalue weighted by atomic mass is 16.5. The number of benzene rings is 1. The summed E-state index contributed by atoms with van der Waals surface area (Å²) in [7, 11) is 0. The molecule has 0 saturated heterocycles. The second-order valence-electron chi connectivity index (χ2n) is 4.50. The summed E-state index contributed by atoms with van der Waals surface area (Å²) in [5.74, 6) is 0.230. The van der Waals surface area contributed by atoms with E-state index in [2.05, 4.69) is 0 Å². The van der Waals surface area contributed by atoms with E-state index in [1.807, 2.05) is 13.8 Å². The zero-order valence-electron chi connectivity index (χ0n) is 10.9. The monoisotopic (exact) mass is 250 g/mol. The average molecular weight is 250 g/mol. The van der Waals surface area contributed by atoms with E-state index in [0.29, 0.717) is 12.2 Å². The topological polar surface area (TPSA) is 52.6 Å². The van der Waals surface area contributed by atoms with Crippen molar-refractivity contribution in [2.75, 3.05) is 0 Å². The molecule has 0 unspecified atom stereocenters. The second kappa shape index (κ2) is 6.79. The first kappa shape index (κ1) is 14.2. The summed E-state index contributed by atoms with van der Waals surface area (Å²) >= 11 is 0. The third kappa shape index (κ3) is 5.48. The van der Waals surface area contributed by atoms with Crippen LogP contribution in [0.4, 0.5) is 0 Å². The molecule has 1 aromatic rings. The average Bonchev–Trinajstić information content (AvgIpc) is 2.26. The zero-order valence-corrected chi connectivity index (χ0v) is 10.9. The molecule has 98 valence electrons. The number of esters is 2. The lowest BCUT2D eigenvalue weighted by atomic mass is 10.1. The lowest BCUT2D eigenvalue weighted by Crippen LogP contribution is -2.10. The molecule has 0 amide bonds. The Bertz CT molecular complexity index is 406. The van der Waals surface area contributed by atoms with Crippen molar-refractivity contribution in [3.63, 3.8) is 0 Å². The van der Waals surface area contributed by atoms with Gasteiger partial charge in [-0.05, 0) is 23.6 Å². The predicted molar refractivity (Wildman–Crippen MR) is 67.0 cm³/mol. The molecule has 1 aromatic carbocycles. The molecule has 0 aliphatic carbocycles. The maximum absolute atomic E-state index is 11.4. The van der Waals surface area contributed by atoms with E-state index < -0.39 is 0 Å². The first-order chi connectivity index (χ1) is 8.47. The SMILES string of the molecule is CC(=O)OCc1ccc(OC(=O)CC(C)C)cc1. The first-order valence-electron chi connectivity index (χ1n) is 5.90. The molecular formula is C14H18O4. The summed E-state index contributed by atoms with van der Waals surface area (Å²) in [5.41, 5.74) is 0.855. The molecule has 0 aliphatic rings. The fourth-order valence-electron chi connectivity index (χ4n) is 1.35. The molecule has 18 heavy (non-hydrogen) atoms. The molecule has 0 radical (unpaired) electrons. The number of hydrogen-bond donors (Lipinski definition) is 0. The predicted octanol–water partition coefficient (Wildman–Crippen LogP) is 2.70. The zero-order chi connectivity index (χ0) is 13.5. The number of hydrogen-bond acceptors (Lipinski definition) is 4. The van der Waals surface area contributed by atoms with Crippen LogP contribution in [0, 0.1) is 5.92 Å². The van der Waals surface area contributed by atoms with Crippen LogP contribution >= 0.6 is 0 Å². The van der Waals surface area contributed by atoms with Crippen LogP contribution in [0.25, 0.3) is 0 Å². The van der Waals surface area contributed by atoms with Gasteiger partial charge in [0, 0.05) is 13.3 Å². The van der Waals surface area contributed by atoms with Crippen molar-refractivity contribution >= 4 is 11.9 Å². The number of carbonyl (C=O) groups excluding carboxylic acids is 2. The molecule has 4 nitrogen and oxygen atoms in total. The minimum absolute atomic E-state index is 0.232. The molecule has 0 bridgehead atoms. The Morgan fingerprint density at radius 3 is 2.28 bits per heavy atom. The Balaban J connectivity index is 2.49. The Kier molecular flexibility index (Phi) is 5.36. The fourth-order valence-corrected chi connectivity index (χ4v) is 1.35. The lowest BCUT2D eigenvalue weighted by Gasteiger charge is -2.07. The van der Waals surface area contributed by atoms with Gasteiger partial charge in [0.25, 0.3) is 0 Å². The van der Waals surface area contributed by atoms with Gasteiger partial charge < -0.3 is 9.47 Å². The molecule has 0 aromatic heterocycles. The van der Waals surface area contributed by atoms with Crippen molar-refractivity contribution in [2.24, 2.45) is 5.92 Å². The molecule has 0 fully saturated rings. The molecule has 0 spiro atoms. The van der Waals surface area contributed by atoms with Gasteiger partial charge in [-0.2, -0.15) is 0 Å². The maximum Gasteiger partial charge on any atom is 0.311 e. The Morgan fingerprint density at radius 2 is 1.78 bits per heavy atom. The van der Waals surface area contributed by atoms with E-state index in [0.717, 1.165) is 5.56 Å². The fraction of sp³-hybridized carbons (Fsp3) is 0.429. The summed E-state index contributed by atoms with van der Waals surface area (Å²) in [4.78, 5) is 22.1. The number of ether oxygens (including phenoxy) is 2. The molecular weight excluding hydrogens is 232 g/mol. The third-order valence-electron chi connectivity index (χ3n) is 2.17. The molecule has 0 heterocycles. The van der Waals surface area contributed by atoms with Crippen molar-refractivity contribution in [1.82, 2.24) is 0 Å². The van der Waals surface area contributed by atoms with Crippen LogP contribution in [-0.4, -0.2) is 11.9 Å². The summed E-state index contributed by atoms with van der Waals surface area (Å²) in [6.45, 7) is 5.52. The van der Waals surface area contributed by atoms with Gasteiger partial charge in [-0.1, -0.05) is 26.0 Å².